The summed E-state index contributed by atoms with van der Waals surface area (Å²) < 4.78 is 90.6. The van der Waals surface area contributed by atoms with Crippen LogP contribution in [0.1, 0.15) is 283 Å². The van der Waals surface area contributed by atoms with Crippen LogP contribution in [-0.2, 0) is 14.3 Å². The largest absolute Gasteiger partial charge is 0.411 e. The number of carbonyl (C=O) groups is 2. The number of hydrogen-bond donors (Lipinski definition) is 7. The number of oxime groups is 1. The highest BCUT2D eigenvalue weighted by atomic mass is 19.1. The molecule has 0 radical (unpaired) electrons. The highest BCUT2D eigenvalue weighted by Crippen LogP contribution is 2.70. The summed E-state index contributed by atoms with van der Waals surface area (Å²) in [4.78, 5) is 46.3. The predicted molar refractivity (Wildman–Crippen MR) is 544 cm³/mol. The van der Waals surface area contributed by atoms with Crippen LogP contribution in [0.2, 0.25) is 0 Å². The number of rotatable bonds is 20. The molecule has 21 fully saturated rings. The van der Waals surface area contributed by atoms with E-state index in [9.17, 15) is 67.4 Å². The molecule has 10 aromatic rings. The average molecular weight is 2030 g/mol. The van der Waals surface area contributed by atoms with Crippen LogP contribution in [0.3, 0.4) is 0 Å². The molecular weight excluding hydrogens is 1890 g/mol. The van der Waals surface area contributed by atoms with Crippen molar-refractivity contribution in [1.29, 1.82) is 0 Å². The van der Waals surface area contributed by atoms with Gasteiger partial charge in [0.05, 0.1) is 182 Å². The normalized spacial score (nSPS) is 36.7. The van der Waals surface area contributed by atoms with Gasteiger partial charge in [-0.1, -0.05) is 85.1 Å². The minimum Gasteiger partial charge on any atom is -0.411 e. The zero-order valence-corrected chi connectivity index (χ0v) is 84.3. The summed E-state index contributed by atoms with van der Waals surface area (Å²) in [6.45, 7) is 1.11. The molecule has 5 aromatic heterocycles. The van der Waals surface area contributed by atoms with Gasteiger partial charge in [-0.05, 0) is 327 Å². The van der Waals surface area contributed by atoms with Crippen LogP contribution in [0, 0.1) is 157 Å². The number of halogens is 5. The standard InChI is InChI=1S/C30H39FN2O3.C24H26FN5O.C22H24FN3O2.2C22H23FN2O2/c31-23-8-4-7-22-25-15-32-17-33(25)24(28(22)23)11-27(35)30-12-18-9-20(13-30)29(21(10-18)14-30)36-16-26(34)19-5-2-1-3-6-19;25-17-3-1-2-16-20-11-26-12-30(20)19(23(16)17)6-21(31)24-7-13-4-14(8-24)22(15(5-13)9-24)18-10-27-29-28-18;23-16-3-1-2-15-18-10-24-11-26(18)17(20(15)16)6-19(27)22-7-12-4-13(8-22)21(25-28)14(5-12)9-22;2*23-16-3-1-2-15-18-10-24-11-25(18)17(20(15)16)6-19(26)22-7-12-4-13(8-22)21(27)14(5-12)9-22/h4,7-8,15,17-21,24,26-27,29,34-35H,1-3,5-6,9-14,16H2;1-3,11-15,19,21-22,31H,4-10H2;1-3,10-14,17,19,27-28H,4-9H2;2*1-3,10-14,17,19,26H,4-9H2. The number of aliphatic hydroxyl groups is 6. The summed E-state index contributed by atoms with van der Waals surface area (Å²) in [7, 11) is 0. The Bertz CT molecular complexity index is 6770. The zero-order valence-electron chi connectivity index (χ0n) is 84.3. The van der Waals surface area contributed by atoms with Crippen LogP contribution >= 0.6 is 0 Å². The van der Waals surface area contributed by atoms with Crippen LogP contribution < -0.4 is 0 Å². The molecule has 149 heavy (non-hydrogen) atoms. The molecule has 0 spiro atoms. The molecule has 21 unspecified atom stereocenters. The van der Waals surface area contributed by atoms with E-state index in [1.54, 1.807) is 93.0 Å². The number of fused-ring (bicyclic) bond motifs is 15. The second kappa shape index (κ2) is 36.4. The van der Waals surface area contributed by atoms with Crippen LogP contribution in [0.4, 0.5) is 22.0 Å². The van der Waals surface area contributed by atoms with Crippen molar-refractivity contribution in [3.8, 4) is 56.3 Å². The maximum Gasteiger partial charge on any atom is 0.139 e. The van der Waals surface area contributed by atoms with Gasteiger partial charge >= 0.3 is 0 Å². The van der Waals surface area contributed by atoms with Crippen molar-refractivity contribution in [2.45, 2.75) is 298 Å². The first kappa shape index (κ1) is 95.7. The molecule has 37 rings (SSSR count). The van der Waals surface area contributed by atoms with E-state index in [2.05, 4.69) is 54.6 Å². The highest BCUT2D eigenvalue weighted by Gasteiger charge is 2.65. The lowest BCUT2D eigenvalue weighted by atomic mass is 9.44. The smallest absolute Gasteiger partial charge is 0.139 e. The van der Waals surface area contributed by atoms with Crippen molar-refractivity contribution in [3.05, 3.63) is 211 Å². The molecule has 24 nitrogen and oxygen atoms in total. The molecule has 7 N–H and O–H groups in total. The van der Waals surface area contributed by atoms with Crippen molar-refractivity contribution in [3.63, 3.8) is 0 Å². The molecular formula is C120H135F5N14O10. The fraction of sp³-hybridized carbons (Fsp3) is 0.592. The Labute approximate surface area is 863 Å². The van der Waals surface area contributed by atoms with Crippen molar-refractivity contribution >= 4 is 23.0 Å². The van der Waals surface area contributed by atoms with Crippen LogP contribution in [-0.4, -0.2) is 162 Å². The zero-order chi connectivity index (χ0) is 101. The third-order valence-corrected chi connectivity index (χ3v) is 43.4. The summed E-state index contributed by atoms with van der Waals surface area (Å²) >= 11 is 0. The molecule has 0 amide bonds. The number of ether oxygens (including phenoxy) is 1. The van der Waals surface area contributed by atoms with Gasteiger partial charge in [0.25, 0.3) is 0 Å². The van der Waals surface area contributed by atoms with Gasteiger partial charge in [-0.3, -0.25) is 9.59 Å². The molecule has 27 aliphatic rings. The number of hydrogen-bond acceptors (Lipinski definition) is 19. The van der Waals surface area contributed by atoms with Crippen LogP contribution in [0.25, 0.3) is 56.3 Å². The Hall–Kier alpha value is -10.4. The van der Waals surface area contributed by atoms with E-state index in [1.165, 1.54) is 75.3 Å². The number of aromatic nitrogens is 10. The number of imidazole rings is 5. The first-order chi connectivity index (χ1) is 72.4. The van der Waals surface area contributed by atoms with E-state index in [0.29, 0.717) is 162 Å². The van der Waals surface area contributed by atoms with Crippen molar-refractivity contribution in [1.82, 2.24) is 47.8 Å². The second-order valence-electron chi connectivity index (χ2n) is 51.2. The Balaban J connectivity index is 0.0000000900. The first-order valence-corrected chi connectivity index (χ1v) is 56.3. The van der Waals surface area contributed by atoms with E-state index in [-0.39, 0.29) is 122 Å². The second-order valence-corrected chi connectivity index (χ2v) is 51.2. The van der Waals surface area contributed by atoms with Crippen LogP contribution in [0.5, 0.6) is 0 Å². The molecule has 29 heteroatoms. The number of Topliss-reactive ketones (excluding diaryl/α,β-unsaturated/α-hetero) is 2. The molecule has 780 valence electrons. The van der Waals surface area contributed by atoms with E-state index < -0.39 is 30.5 Å². The van der Waals surface area contributed by atoms with Gasteiger partial charge in [-0.15, -0.1) is 5.10 Å². The van der Waals surface area contributed by atoms with Gasteiger partial charge in [-0.25, -0.2) is 46.9 Å². The predicted octanol–water partition coefficient (Wildman–Crippen LogP) is 21.6. The van der Waals surface area contributed by atoms with Gasteiger partial charge in [-0.2, -0.15) is 5.11 Å². The summed E-state index contributed by atoms with van der Waals surface area (Å²) in [5, 5.41) is 93.9. The Morgan fingerprint density at radius 3 is 0.940 bits per heavy atom. The molecule has 20 bridgehead atoms. The number of nitrogens with zero attached hydrogens (tertiary/aromatic N) is 14. The van der Waals surface area contributed by atoms with Crippen molar-refractivity contribution in [2.24, 2.45) is 148 Å². The van der Waals surface area contributed by atoms with Crippen LogP contribution in [0.15, 0.2) is 174 Å². The molecule has 11 heterocycles. The minimum absolute atomic E-state index is 0.0603. The van der Waals surface area contributed by atoms with E-state index in [0.717, 1.165) is 215 Å². The summed E-state index contributed by atoms with van der Waals surface area (Å²) in [6.07, 6.45) is 49.0. The Morgan fingerprint density at radius 1 is 0.356 bits per heavy atom. The fourth-order valence-electron chi connectivity index (χ4n) is 38.3. The molecule has 21 aliphatic carbocycles. The van der Waals surface area contributed by atoms with Gasteiger partial charge in [0, 0.05) is 97.1 Å². The number of benzene rings is 5. The maximum absolute atomic E-state index is 15.0. The number of carbonyl (C=O) groups excluding carboxylic acids is 2. The minimum atomic E-state index is -0.524. The van der Waals surface area contributed by atoms with Gasteiger partial charge in [0.2, 0.25) is 0 Å². The van der Waals surface area contributed by atoms with Gasteiger partial charge in [0.15, 0.2) is 0 Å². The van der Waals surface area contributed by atoms with Crippen molar-refractivity contribution < 1.29 is 72.1 Å². The lowest BCUT2D eigenvalue weighted by molar-refractivity contribution is -0.197. The molecule has 6 aliphatic heterocycles. The molecule has 21 saturated carbocycles. The van der Waals surface area contributed by atoms with Crippen molar-refractivity contribution in [2.75, 3.05) is 13.2 Å². The third-order valence-electron chi connectivity index (χ3n) is 43.4. The molecule has 5 aromatic carbocycles. The number of aliphatic hydroxyl groups excluding tert-OH is 6. The lowest BCUT2D eigenvalue weighted by Gasteiger charge is -2.61. The first-order valence-electron chi connectivity index (χ1n) is 56.3. The Morgan fingerprint density at radius 2 is 0.638 bits per heavy atom. The maximum atomic E-state index is 15.0. The van der Waals surface area contributed by atoms with Gasteiger partial charge < -0.3 is 63.4 Å². The highest BCUT2D eigenvalue weighted by molar-refractivity contribution is 5.91. The summed E-state index contributed by atoms with van der Waals surface area (Å²) in [5.74, 6) is 7.04. The molecule has 21 atom stereocenters. The quantitative estimate of drug-likeness (QED) is 0.0212. The summed E-state index contributed by atoms with van der Waals surface area (Å²) in [6, 6.07) is 25.0. The van der Waals surface area contributed by atoms with E-state index in [4.69, 9.17) is 4.74 Å². The number of ketones is 2. The Kier molecular flexibility index (Phi) is 23.4. The average Bonchev–Trinajstić information content (AvgIpc) is 1.74. The molecule has 0 saturated heterocycles. The fourth-order valence-corrected chi connectivity index (χ4v) is 38.3. The van der Waals surface area contributed by atoms with Gasteiger partial charge in [0.1, 0.15) is 47.2 Å². The van der Waals surface area contributed by atoms with E-state index in [1.807, 2.05) is 44.0 Å². The topological polar surface area (TPSA) is 324 Å². The summed E-state index contributed by atoms with van der Waals surface area (Å²) in [5.41, 5.74) is 14.0. The monoisotopic (exact) mass is 2030 g/mol. The SMILES string of the molecule is O=C1C2CC3CC1CC(C(O)CC1c4c(F)cccc4-c4cncn41)(C3)C2.O=C1C2CC3CC1CC(C(O)CC1c4c(F)cccc4-c4cncn41)(C3)C2.OC(CC1c2c(F)cccc2-c2cncn21)C12CC3CC(C1)C(C1=NN=NC1)C(C3)C2.OC(COC1C2CC3CC1CC(C(O)CC1c4c(F)cccc4-c4cncn41)(C3)C2)C1CCCCC1.ON=C1C2CC3CC1CC(C(O)CC1c4c(F)cccc4-c4cncn41)(C3)C2. The third kappa shape index (κ3) is 15.5. The lowest BCUT2D eigenvalue weighted by Crippen LogP contribution is -2.58. The van der Waals surface area contributed by atoms with E-state index >= 15 is 0 Å².